The maximum Gasteiger partial charge on any atom is 0.213 e. The predicted molar refractivity (Wildman–Crippen MR) is 86.4 cm³/mol. The van der Waals surface area contributed by atoms with E-state index in [4.69, 9.17) is 9.47 Å². The van der Waals surface area contributed by atoms with Crippen LogP contribution < -0.4 is 0 Å². The number of methoxy groups -OCH3 is 1. The van der Waals surface area contributed by atoms with Gasteiger partial charge in [-0.15, -0.1) is 0 Å². The number of rotatable bonds is 2. The Kier molecular flexibility index (Phi) is 3.27. The minimum absolute atomic E-state index is 0.0474. The molecule has 0 N–H and O–H groups in total. The van der Waals surface area contributed by atoms with Crippen LogP contribution in [0.2, 0.25) is 0 Å². The van der Waals surface area contributed by atoms with Crippen molar-refractivity contribution < 1.29 is 19.1 Å². The number of hydrogen-bond acceptors (Lipinski definition) is 4. The predicted octanol–water partition coefficient (Wildman–Crippen LogP) is 2.21. The number of ether oxygens (including phenoxy) is 2. The van der Waals surface area contributed by atoms with E-state index in [1.807, 2.05) is 12.2 Å². The number of ketones is 1. The van der Waals surface area contributed by atoms with Crippen LogP contribution in [0.1, 0.15) is 12.8 Å². The van der Waals surface area contributed by atoms with E-state index in [0.29, 0.717) is 19.4 Å². The van der Waals surface area contributed by atoms with Crippen LogP contribution in [0.3, 0.4) is 0 Å². The Morgan fingerprint density at radius 1 is 1.43 bits per heavy atom. The summed E-state index contributed by atoms with van der Waals surface area (Å²) in [5, 5.41) is 0. The van der Waals surface area contributed by atoms with Gasteiger partial charge in [-0.2, -0.15) is 0 Å². The van der Waals surface area contributed by atoms with Crippen molar-refractivity contribution in [2.45, 2.75) is 23.8 Å². The number of alkyl halides is 1. The SMILES string of the molecule is COC1=C2O[C@H]3CC(=O)C=C[C@]34CN(C=O)C=CC(=C24)C(Br)C1. The fourth-order valence-corrected chi connectivity index (χ4v) is 4.59. The second-order valence-corrected chi connectivity index (χ2v) is 7.31. The lowest BCUT2D eigenvalue weighted by atomic mass is 9.69. The summed E-state index contributed by atoms with van der Waals surface area (Å²) in [5.41, 5.74) is 1.63. The number of allylic oxidation sites excluding steroid dienone is 5. The van der Waals surface area contributed by atoms with E-state index in [9.17, 15) is 9.59 Å². The van der Waals surface area contributed by atoms with Crippen LogP contribution in [0.15, 0.2) is 47.1 Å². The average molecular weight is 378 g/mol. The van der Waals surface area contributed by atoms with Gasteiger partial charge in [0.2, 0.25) is 6.41 Å². The summed E-state index contributed by atoms with van der Waals surface area (Å²) >= 11 is 3.72. The number of hydrogen-bond donors (Lipinski definition) is 0. The second-order valence-electron chi connectivity index (χ2n) is 6.20. The first-order valence-corrected chi connectivity index (χ1v) is 8.45. The summed E-state index contributed by atoms with van der Waals surface area (Å²) in [6, 6.07) is 0. The van der Waals surface area contributed by atoms with Crippen molar-refractivity contribution in [2.24, 2.45) is 5.41 Å². The quantitative estimate of drug-likeness (QED) is 0.546. The van der Waals surface area contributed by atoms with Crippen LogP contribution in [0, 0.1) is 5.41 Å². The molecule has 2 aliphatic heterocycles. The van der Waals surface area contributed by atoms with Crippen LogP contribution in [0.25, 0.3) is 0 Å². The molecule has 0 aromatic heterocycles. The van der Waals surface area contributed by atoms with Crippen LogP contribution >= 0.6 is 15.9 Å². The van der Waals surface area contributed by atoms with Crippen molar-refractivity contribution in [3.8, 4) is 0 Å². The lowest BCUT2D eigenvalue weighted by Gasteiger charge is -2.35. The van der Waals surface area contributed by atoms with E-state index in [2.05, 4.69) is 15.9 Å². The van der Waals surface area contributed by atoms with Gasteiger partial charge in [-0.1, -0.05) is 22.0 Å². The summed E-state index contributed by atoms with van der Waals surface area (Å²) in [7, 11) is 1.64. The van der Waals surface area contributed by atoms with Crippen molar-refractivity contribution in [1.82, 2.24) is 4.90 Å². The maximum atomic E-state index is 11.9. The molecule has 0 bridgehead atoms. The van der Waals surface area contributed by atoms with Crippen molar-refractivity contribution in [2.75, 3.05) is 13.7 Å². The van der Waals surface area contributed by atoms with E-state index >= 15 is 0 Å². The third kappa shape index (κ3) is 1.97. The molecule has 0 saturated carbocycles. The average Bonchev–Trinajstić information content (AvgIpc) is 2.76. The Morgan fingerprint density at radius 2 is 2.26 bits per heavy atom. The topological polar surface area (TPSA) is 55.8 Å². The monoisotopic (exact) mass is 377 g/mol. The molecule has 3 atom stereocenters. The molecule has 5 nitrogen and oxygen atoms in total. The van der Waals surface area contributed by atoms with Crippen LogP contribution in [-0.2, 0) is 19.1 Å². The first kappa shape index (κ1) is 14.8. The summed E-state index contributed by atoms with van der Waals surface area (Å²) < 4.78 is 11.7. The van der Waals surface area contributed by atoms with Crippen molar-refractivity contribution in [1.29, 1.82) is 0 Å². The third-order valence-electron chi connectivity index (χ3n) is 5.00. The van der Waals surface area contributed by atoms with E-state index in [-0.39, 0.29) is 16.7 Å². The Balaban J connectivity index is 1.98. The van der Waals surface area contributed by atoms with Gasteiger partial charge in [-0.25, -0.2) is 0 Å². The molecule has 120 valence electrons. The van der Waals surface area contributed by atoms with Gasteiger partial charge in [0.05, 0.1) is 12.5 Å². The molecule has 1 spiro atoms. The van der Waals surface area contributed by atoms with Crippen molar-refractivity contribution in [3.63, 3.8) is 0 Å². The highest BCUT2D eigenvalue weighted by Gasteiger charge is 2.56. The van der Waals surface area contributed by atoms with Gasteiger partial charge in [-0.3, -0.25) is 9.59 Å². The molecule has 0 aromatic carbocycles. The molecule has 1 saturated heterocycles. The zero-order valence-electron chi connectivity index (χ0n) is 12.6. The van der Waals surface area contributed by atoms with Crippen molar-refractivity contribution in [3.05, 3.63) is 47.1 Å². The van der Waals surface area contributed by atoms with Gasteiger partial charge in [0, 0.05) is 36.0 Å². The normalized spacial score (nSPS) is 34.9. The standard InChI is InChI=1S/C17H16BrNO4/c1-22-13-7-12(18)11-3-5-19(9-20)8-17-4-2-10(21)6-14(17)23-16(13)15(11)17/h2-5,9,12,14H,6-8H2,1H3/t12?,14-,17-/m0/s1. The zero-order valence-corrected chi connectivity index (χ0v) is 14.2. The van der Waals surface area contributed by atoms with Gasteiger partial charge >= 0.3 is 0 Å². The van der Waals surface area contributed by atoms with Gasteiger partial charge in [0.15, 0.2) is 11.5 Å². The Labute approximate surface area is 142 Å². The van der Waals surface area contributed by atoms with E-state index in [1.54, 1.807) is 24.3 Å². The van der Waals surface area contributed by atoms with Gasteiger partial charge < -0.3 is 14.4 Å². The highest BCUT2D eigenvalue weighted by atomic mass is 79.9. The highest BCUT2D eigenvalue weighted by molar-refractivity contribution is 9.09. The second kappa shape index (κ2) is 5.09. The lowest BCUT2D eigenvalue weighted by Crippen LogP contribution is -2.43. The molecular weight excluding hydrogens is 362 g/mol. The van der Waals surface area contributed by atoms with Gasteiger partial charge in [0.1, 0.15) is 11.9 Å². The molecular formula is C17H16BrNO4. The van der Waals surface area contributed by atoms with E-state index in [1.165, 1.54) is 0 Å². The smallest absolute Gasteiger partial charge is 0.213 e. The molecule has 4 aliphatic rings. The molecule has 1 unspecified atom stereocenters. The zero-order chi connectivity index (χ0) is 16.2. The Morgan fingerprint density at radius 3 is 3.00 bits per heavy atom. The number of amides is 1. The number of nitrogens with zero attached hydrogens (tertiary/aromatic N) is 1. The van der Waals surface area contributed by atoms with Gasteiger partial charge in [0.25, 0.3) is 0 Å². The van der Waals surface area contributed by atoms with Crippen LogP contribution in [-0.4, -0.2) is 41.7 Å². The molecule has 0 radical (unpaired) electrons. The molecule has 6 heteroatoms. The van der Waals surface area contributed by atoms with Gasteiger partial charge in [-0.05, 0) is 17.7 Å². The maximum absolute atomic E-state index is 11.9. The van der Waals surface area contributed by atoms with E-state index in [0.717, 1.165) is 29.1 Å². The molecule has 1 amide bonds. The minimum atomic E-state index is -0.501. The summed E-state index contributed by atoms with van der Waals surface area (Å²) in [6.07, 6.45) is 8.79. The Bertz CT molecular complexity index is 720. The lowest BCUT2D eigenvalue weighted by molar-refractivity contribution is -0.119. The first-order chi connectivity index (χ1) is 11.1. The minimum Gasteiger partial charge on any atom is -0.497 e. The molecule has 23 heavy (non-hydrogen) atoms. The van der Waals surface area contributed by atoms with Crippen LogP contribution in [0.4, 0.5) is 0 Å². The summed E-state index contributed by atoms with van der Waals surface area (Å²) in [5.74, 6) is 1.57. The fourth-order valence-electron chi connectivity index (χ4n) is 3.91. The van der Waals surface area contributed by atoms with Crippen LogP contribution in [0.5, 0.6) is 0 Å². The Hall–Kier alpha value is -1.82. The first-order valence-electron chi connectivity index (χ1n) is 7.53. The largest absolute Gasteiger partial charge is 0.497 e. The molecule has 2 aliphatic carbocycles. The molecule has 2 heterocycles. The van der Waals surface area contributed by atoms with Crippen molar-refractivity contribution >= 4 is 28.1 Å². The third-order valence-corrected chi connectivity index (χ3v) is 5.81. The molecule has 0 aromatic rings. The number of carbonyl (C=O) groups is 2. The summed E-state index contributed by atoms with van der Waals surface area (Å²) in [6.45, 7) is 0.459. The fraction of sp³-hybridized carbons (Fsp3) is 0.412. The van der Waals surface area contributed by atoms with E-state index < -0.39 is 5.41 Å². The number of carbonyl (C=O) groups excluding carboxylic acids is 2. The number of halogens is 1. The molecule has 4 rings (SSSR count). The molecule has 1 fully saturated rings. The highest BCUT2D eigenvalue weighted by Crippen LogP contribution is 2.56. The summed E-state index contributed by atoms with van der Waals surface area (Å²) in [4.78, 5) is 25.0.